The van der Waals surface area contributed by atoms with Crippen LogP contribution < -0.4 is 0 Å². The number of rotatable bonds is 7. The quantitative estimate of drug-likeness (QED) is 0.589. The number of aliphatic hydroxyl groups is 3. The summed E-state index contributed by atoms with van der Waals surface area (Å²) in [6, 6.07) is 9.48. The molecule has 29 heavy (non-hydrogen) atoms. The van der Waals surface area contributed by atoms with Gasteiger partial charge in [-0.25, -0.2) is 0 Å². The molecular formula is C21H28N2O6. The molecule has 1 aromatic heterocycles. The molecular weight excluding hydrogens is 376 g/mol. The maximum absolute atomic E-state index is 10.6. The third kappa shape index (κ3) is 4.51. The van der Waals surface area contributed by atoms with Gasteiger partial charge in [-0.05, 0) is 13.3 Å². The summed E-state index contributed by atoms with van der Waals surface area (Å²) < 4.78 is 16.8. The first-order valence-corrected chi connectivity index (χ1v) is 10.1. The van der Waals surface area contributed by atoms with Gasteiger partial charge in [-0.1, -0.05) is 42.4 Å². The normalized spacial score (nSPS) is 34.0. The van der Waals surface area contributed by atoms with Gasteiger partial charge in [0.2, 0.25) is 11.7 Å². The molecule has 0 saturated carbocycles. The molecule has 8 nitrogen and oxygen atoms in total. The second kappa shape index (κ2) is 8.49. The summed E-state index contributed by atoms with van der Waals surface area (Å²) in [5, 5.41) is 34.8. The largest absolute Gasteiger partial charge is 0.393 e. The Kier molecular flexibility index (Phi) is 5.98. The van der Waals surface area contributed by atoms with E-state index in [-0.39, 0.29) is 30.5 Å². The lowest BCUT2D eigenvalue weighted by atomic mass is 9.86. The molecule has 0 radical (unpaired) electrons. The van der Waals surface area contributed by atoms with E-state index in [0.29, 0.717) is 24.7 Å². The van der Waals surface area contributed by atoms with E-state index in [0.717, 1.165) is 5.56 Å². The molecule has 0 spiro atoms. The summed E-state index contributed by atoms with van der Waals surface area (Å²) in [4.78, 5) is 4.36. The number of aliphatic hydroxyl groups excluding tert-OH is 3. The molecule has 0 bridgehead atoms. The fourth-order valence-corrected chi connectivity index (χ4v) is 3.93. The van der Waals surface area contributed by atoms with Crippen molar-refractivity contribution in [2.45, 2.75) is 63.3 Å². The van der Waals surface area contributed by atoms with Gasteiger partial charge in [0.25, 0.3) is 0 Å². The molecule has 8 heteroatoms. The predicted octanol–water partition coefficient (Wildman–Crippen LogP) is 1.19. The molecule has 158 valence electrons. The molecule has 0 amide bonds. The lowest BCUT2D eigenvalue weighted by Gasteiger charge is -2.37. The van der Waals surface area contributed by atoms with Gasteiger partial charge in [-0.15, -0.1) is 0 Å². The maximum Gasteiger partial charge on any atom is 0.229 e. The number of hydrogen-bond acceptors (Lipinski definition) is 8. The highest BCUT2D eigenvalue weighted by Crippen LogP contribution is 2.38. The minimum absolute atomic E-state index is 0.00753. The Hall–Kier alpha value is -1.84. The number of aromatic nitrogens is 2. The third-order valence-electron chi connectivity index (χ3n) is 6.05. The molecule has 2 fully saturated rings. The van der Waals surface area contributed by atoms with Gasteiger partial charge < -0.3 is 29.3 Å². The van der Waals surface area contributed by atoms with Crippen molar-refractivity contribution in [3.63, 3.8) is 0 Å². The first kappa shape index (κ1) is 20.4. The van der Waals surface area contributed by atoms with Crippen LogP contribution in [0.4, 0.5) is 0 Å². The Bertz CT molecular complexity index is 797. The summed E-state index contributed by atoms with van der Waals surface area (Å²) in [5.74, 6) is 0.652. The van der Waals surface area contributed by atoms with Crippen LogP contribution in [0.25, 0.3) is 11.4 Å². The summed E-state index contributed by atoms with van der Waals surface area (Å²) >= 11 is 0. The van der Waals surface area contributed by atoms with Crippen LogP contribution in [0.1, 0.15) is 26.2 Å². The van der Waals surface area contributed by atoms with Crippen LogP contribution in [0.5, 0.6) is 0 Å². The van der Waals surface area contributed by atoms with E-state index >= 15 is 0 Å². The average Bonchev–Trinajstić information content (AvgIpc) is 3.33. The average molecular weight is 404 g/mol. The van der Waals surface area contributed by atoms with Crippen LogP contribution in [0, 0.1) is 11.8 Å². The zero-order valence-electron chi connectivity index (χ0n) is 16.6. The Balaban J connectivity index is 1.31. The molecule has 2 aliphatic heterocycles. The Labute approximate surface area is 169 Å². The van der Waals surface area contributed by atoms with Gasteiger partial charge in [0.1, 0.15) is 6.10 Å². The highest BCUT2D eigenvalue weighted by Gasteiger charge is 2.48. The van der Waals surface area contributed by atoms with Crippen LogP contribution in [-0.2, 0) is 15.9 Å². The number of benzene rings is 1. The lowest BCUT2D eigenvalue weighted by Crippen LogP contribution is -2.51. The number of ether oxygens (including phenoxy) is 2. The molecule has 2 saturated heterocycles. The summed E-state index contributed by atoms with van der Waals surface area (Å²) in [7, 11) is 0. The van der Waals surface area contributed by atoms with Gasteiger partial charge in [0.15, 0.2) is 0 Å². The van der Waals surface area contributed by atoms with Crippen molar-refractivity contribution in [1.29, 1.82) is 0 Å². The fourth-order valence-electron chi connectivity index (χ4n) is 3.93. The van der Waals surface area contributed by atoms with Crippen molar-refractivity contribution in [2.24, 2.45) is 11.8 Å². The van der Waals surface area contributed by atoms with Crippen LogP contribution in [-0.4, -0.2) is 68.7 Å². The molecule has 4 rings (SSSR count). The molecule has 0 unspecified atom stereocenters. The van der Waals surface area contributed by atoms with Crippen molar-refractivity contribution in [3.8, 4) is 11.4 Å². The third-order valence-corrected chi connectivity index (χ3v) is 6.05. The Morgan fingerprint density at radius 2 is 1.86 bits per heavy atom. The van der Waals surface area contributed by atoms with E-state index in [4.69, 9.17) is 14.0 Å². The second-order valence-corrected chi connectivity index (χ2v) is 8.17. The smallest absolute Gasteiger partial charge is 0.229 e. The molecule has 2 aromatic rings. The molecule has 3 N–H and O–H groups in total. The van der Waals surface area contributed by atoms with Crippen LogP contribution >= 0.6 is 0 Å². The molecule has 0 aliphatic carbocycles. The van der Waals surface area contributed by atoms with Gasteiger partial charge >= 0.3 is 0 Å². The van der Waals surface area contributed by atoms with Crippen LogP contribution in [0.15, 0.2) is 34.9 Å². The van der Waals surface area contributed by atoms with Crippen molar-refractivity contribution < 1.29 is 29.3 Å². The maximum atomic E-state index is 10.6. The van der Waals surface area contributed by atoms with E-state index in [1.165, 1.54) is 0 Å². The summed E-state index contributed by atoms with van der Waals surface area (Å²) in [5.41, 5.74) is 0.845. The minimum Gasteiger partial charge on any atom is -0.393 e. The predicted molar refractivity (Wildman–Crippen MR) is 103 cm³/mol. The van der Waals surface area contributed by atoms with E-state index in [1.807, 2.05) is 37.3 Å². The SMILES string of the molecule is C[C@H]([C@@H]1O[C@H]1C[C@H]1CO[C@@H](Cc2nc(-c3ccccc3)no2)[C@H](O)[C@@H]1O)[C@H](C)O. The zero-order chi connectivity index (χ0) is 20.5. The first-order chi connectivity index (χ1) is 13.9. The Morgan fingerprint density at radius 3 is 2.59 bits per heavy atom. The van der Waals surface area contributed by atoms with Gasteiger partial charge in [0.05, 0.1) is 43.5 Å². The lowest BCUT2D eigenvalue weighted by molar-refractivity contribution is -0.166. The zero-order valence-corrected chi connectivity index (χ0v) is 16.6. The standard InChI is InChI=1S/C21H28N2O6/c1-11(12(2)24)20-16(28-20)8-14-10-27-15(19(26)18(14)25)9-17-22-21(23-29-17)13-6-4-3-5-7-13/h3-7,11-12,14-16,18-20,24-26H,8-10H2,1-2H3/t11-,12-,14-,15-,16-,18+,19-,20-/m0/s1. The monoisotopic (exact) mass is 404 g/mol. The fraction of sp³-hybridized carbons (Fsp3) is 0.619. The second-order valence-electron chi connectivity index (χ2n) is 8.17. The van der Waals surface area contributed by atoms with Crippen molar-refractivity contribution in [1.82, 2.24) is 10.1 Å². The van der Waals surface area contributed by atoms with E-state index in [1.54, 1.807) is 6.92 Å². The topological polar surface area (TPSA) is 121 Å². The van der Waals surface area contributed by atoms with E-state index < -0.39 is 24.4 Å². The van der Waals surface area contributed by atoms with Gasteiger partial charge in [-0.3, -0.25) is 0 Å². The summed E-state index contributed by atoms with van der Waals surface area (Å²) in [6.07, 6.45) is -2.23. The van der Waals surface area contributed by atoms with Crippen molar-refractivity contribution in [2.75, 3.05) is 6.61 Å². The number of epoxide rings is 1. The van der Waals surface area contributed by atoms with Crippen LogP contribution in [0.2, 0.25) is 0 Å². The molecule has 8 atom stereocenters. The minimum atomic E-state index is -1.05. The molecule has 1 aromatic carbocycles. The van der Waals surface area contributed by atoms with Gasteiger partial charge in [-0.2, -0.15) is 4.98 Å². The highest BCUT2D eigenvalue weighted by molar-refractivity contribution is 5.53. The van der Waals surface area contributed by atoms with Gasteiger partial charge in [0, 0.05) is 17.4 Å². The number of hydrogen-bond donors (Lipinski definition) is 3. The summed E-state index contributed by atoms with van der Waals surface area (Å²) in [6.45, 7) is 4.01. The molecule has 2 aliphatic rings. The van der Waals surface area contributed by atoms with E-state index in [9.17, 15) is 15.3 Å². The first-order valence-electron chi connectivity index (χ1n) is 10.1. The van der Waals surface area contributed by atoms with E-state index in [2.05, 4.69) is 10.1 Å². The van der Waals surface area contributed by atoms with Crippen molar-refractivity contribution in [3.05, 3.63) is 36.2 Å². The molecule has 3 heterocycles. The van der Waals surface area contributed by atoms with Crippen LogP contribution in [0.3, 0.4) is 0 Å². The number of nitrogens with zero attached hydrogens (tertiary/aromatic N) is 2. The highest BCUT2D eigenvalue weighted by atomic mass is 16.6. The van der Waals surface area contributed by atoms with Crippen molar-refractivity contribution >= 4 is 0 Å². The Morgan fingerprint density at radius 1 is 1.10 bits per heavy atom.